The second-order valence-electron chi connectivity index (χ2n) is 13.6. The molecule has 2 atom stereocenters. The van der Waals surface area contributed by atoms with Crippen LogP contribution >= 0.6 is 0 Å². The number of ether oxygens (including phenoxy) is 2. The maximum absolute atomic E-state index is 14.0. The lowest BCUT2D eigenvalue weighted by Gasteiger charge is -2.39. The number of hydrogen-bond donors (Lipinski definition) is 3. The molecule has 1 saturated heterocycles. The number of hydrogen-bond acceptors (Lipinski definition) is 11. The van der Waals surface area contributed by atoms with Gasteiger partial charge in [0, 0.05) is 55.0 Å². The predicted octanol–water partition coefficient (Wildman–Crippen LogP) is 6.02. The smallest absolute Gasteiger partial charge is 0.414 e. The summed E-state index contributed by atoms with van der Waals surface area (Å²) in [5.41, 5.74) is 1.59. The van der Waals surface area contributed by atoms with E-state index in [2.05, 4.69) is 47.7 Å². The van der Waals surface area contributed by atoms with Crippen molar-refractivity contribution in [1.29, 1.82) is 0 Å². The first-order chi connectivity index (χ1) is 22.1. The minimum Gasteiger partial charge on any atom is -0.444 e. The Bertz CT molecular complexity index is 1760. The molecule has 248 valence electrons. The summed E-state index contributed by atoms with van der Waals surface area (Å²) < 4.78 is 16.9. The van der Waals surface area contributed by atoms with Gasteiger partial charge >= 0.3 is 12.2 Å². The Kier molecular flexibility index (Phi) is 9.31. The topological polar surface area (TPSA) is 174 Å². The van der Waals surface area contributed by atoms with Crippen LogP contribution in [0.15, 0.2) is 53.9 Å². The van der Waals surface area contributed by atoms with E-state index in [-0.39, 0.29) is 34.5 Å². The third kappa shape index (κ3) is 8.51. The van der Waals surface area contributed by atoms with Gasteiger partial charge in [-0.25, -0.2) is 19.6 Å². The van der Waals surface area contributed by atoms with E-state index in [1.54, 1.807) is 63.9 Å². The zero-order valence-corrected chi connectivity index (χ0v) is 27.6. The number of piperidine rings is 1. The number of furan rings is 1. The summed E-state index contributed by atoms with van der Waals surface area (Å²) in [5.74, 6) is -0.475. The highest BCUT2D eigenvalue weighted by molar-refractivity contribution is 6.17. The van der Waals surface area contributed by atoms with Crippen LogP contribution in [-0.2, 0) is 9.47 Å². The summed E-state index contributed by atoms with van der Waals surface area (Å²) in [6, 6.07) is 3.32. The summed E-state index contributed by atoms with van der Waals surface area (Å²) in [7, 11) is 0. The van der Waals surface area contributed by atoms with Crippen LogP contribution in [0.4, 0.5) is 26.8 Å². The average Bonchev–Trinajstić information content (AvgIpc) is 3.32. The van der Waals surface area contributed by atoms with Gasteiger partial charge in [0.25, 0.3) is 5.91 Å². The van der Waals surface area contributed by atoms with Crippen molar-refractivity contribution in [3.63, 3.8) is 0 Å². The number of aromatic nitrogens is 4. The Morgan fingerprint density at radius 1 is 0.894 bits per heavy atom. The molecule has 0 aromatic carbocycles. The molecular formula is C33H40N8O6. The Labute approximate surface area is 272 Å². The van der Waals surface area contributed by atoms with Gasteiger partial charge in [0.2, 0.25) is 5.88 Å². The molecule has 5 heterocycles. The van der Waals surface area contributed by atoms with Gasteiger partial charge in [-0.2, -0.15) is 0 Å². The monoisotopic (exact) mass is 644 g/mol. The molecule has 0 bridgehead atoms. The summed E-state index contributed by atoms with van der Waals surface area (Å²) in [4.78, 5) is 58.3. The molecule has 4 aromatic rings. The number of carbonyl (C=O) groups is 3. The summed E-state index contributed by atoms with van der Waals surface area (Å²) in [6.45, 7) is 13.9. The highest BCUT2D eigenvalue weighted by Crippen LogP contribution is 2.34. The van der Waals surface area contributed by atoms with Gasteiger partial charge in [0.05, 0.1) is 17.6 Å². The zero-order chi connectivity index (χ0) is 33.9. The minimum atomic E-state index is -0.796. The number of amides is 3. The molecule has 0 aliphatic carbocycles. The maximum Gasteiger partial charge on any atom is 0.414 e. The minimum absolute atomic E-state index is 0.00741. The van der Waals surface area contributed by atoms with Gasteiger partial charge in [0.15, 0.2) is 5.58 Å². The van der Waals surface area contributed by atoms with Gasteiger partial charge in [-0.3, -0.25) is 20.1 Å². The maximum atomic E-state index is 14.0. The van der Waals surface area contributed by atoms with Crippen LogP contribution in [0.2, 0.25) is 0 Å². The Hall–Kier alpha value is -5.27. The normalized spacial score (nSPS) is 16.8. The molecular weight excluding hydrogens is 604 g/mol. The zero-order valence-electron chi connectivity index (χ0n) is 27.6. The van der Waals surface area contributed by atoms with Crippen LogP contribution in [0.25, 0.3) is 22.2 Å². The largest absolute Gasteiger partial charge is 0.444 e. The summed E-state index contributed by atoms with van der Waals surface area (Å²) in [5, 5.41) is 8.50. The van der Waals surface area contributed by atoms with Crippen LogP contribution in [-0.4, -0.2) is 68.4 Å². The van der Waals surface area contributed by atoms with Gasteiger partial charge in [0.1, 0.15) is 28.6 Å². The quantitative estimate of drug-likeness (QED) is 0.224. The third-order valence-corrected chi connectivity index (χ3v) is 7.03. The summed E-state index contributed by atoms with van der Waals surface area (Å²) in [6.07, 6.45) is 8.94. The lowest BCUT2D eigenvalue weighted by Crippen LogP contribution is -2.51. The van der Waals surface area contributed by atoms with E-state index in [4.69, 9.17) is 13.9 Å². The van der Waals surface area contributed by atoms with E-state index in [1.807, 2.05) is 20.8 Å². The molecule has 1 aliphatic rings. The fourth-order valence-electron chi connectivity index (χ4n) is 5.35. The highest BCUT2D eigenvalue weighted by Gasteiger charge is 2.31. The Morgan fingerprint density at radius 2 is 1.60 bits per heavy atom. The van der Waals surface area contributed by atoms with Gasteiger partial charge in [-0.15, -0.1) is 0 Å². The van der Waals surface area contributed by atoms with E-state index in [1.165, 1.54) is 6.33 Å². The van der Waals surface area contributed by atoms with Crippen molar-refractivity contribution in [2.75, 3.05) is 28.6 Å². The van der Waals surface area contributed by atoms with Crippen molar-refractivity contribution < 1.29 is 28.3 Å². The molecule has 5 rings (SSSR count). The number of pyridine rings is 2. The lowest BCUT2D eigenvalue weighted by atomic mass is 9.95. The second-order valence-corrected chi connectivity index (χ2v) is 13.6. The SMILES string of the molecule is C[C@@H]1CC(NC(=O)OC(C)(C)C)CN(c2ccncc2NC(=O)c2c(NC(=O)OC(C)(C)C)oc3cc(-c4cncnc4)cnc23)C1. The molecule has 1 fully saturated rings. The fourth-order valence-corrected chi connectivity index (χ4v) is 5.35. The highest BCUT2D eigenvalue weighted by atomic mass is 16.6. The van der Waals surface area contributed by atoms with Gasteiger partial charge < -0.3 is 29.4 Å². The summed E-state index contributed by atoms with van der Waals surface area (Å²) >= 11 is 0. The first-order valence-corrected chi connectivity index (χ1v) is 15.3. The van der Waals surface area contributed by atoms with Crippen molar-refractivity contribution in [2.45, 2.75) is 72.1 Å². The van der Waals surface area contributed by atoms with Crippen LogP contribution in [0, 0.1) is 5.92 Å². The molecule has 14 nitrogen and oxygen atoms in total. The second kappa shape index (κ2) is 13.2. The first-order valence-electron chi connectivity index (χ1n) is 15.3. The van der Waals surface area contributed by atoms with Crippen LogP contribution in [0.3, 0.4) is 0 Å². The standard InChI is InChI=1S/C33H40N8O6/c1-19-10-22(38-30(43)46-32(2,3)4)17-41(16-19)24-8-9-34-15-23(24)39-28(42)26-27-25(45-29(26)40-31(44)47-33(5,6)7)11-20(14-37-27)21-12-35-18-36-13-21/h8-9,11-15,18-19,22H,10,16-17H2,1-7H3,(H,38,43)(H,39,42)(H,40,44)/t19-,22?/m1/s1. The van der Waals surface area contributed by atoms with Crippen molar-refractivity contribution in [3.05, 3.63) is 55.0 Å². The molecule has 0 spiro atoms. The number of nitrogens with zero attached hydrogens (tertiary/aromatic N) is 5. The molecule has 3 N–H and O–H groups in total. The molecule has 0 radical (unpaired) electrons. The van der Waals surface area contributed by atoms with Crippen molar-refractivity contribution in [3.8, 4) is 11.1 Å². The first kappa shape index (κ1) is 33.1. The van der Waals surface area contributed by atoms with E-state index < -0.39 is 29.3 Å². The Morgan fingerprint density at radius 3 is 2.30 bits per heavy atom. The molecule has 47 heavy (non-hydrogen) atoms. The predicted molar refractivity (Wildman–Crippen MR) is 176 cm³/mol. The molecule has 1 unspecified atom stereocenters. The molecule has 0 saturated carbocycles. The van der Waals surface area contributed by atoms with E-state index >= 15 is 0 Å². The average molecular weight is 645 g/mol. The molecule has 14 heteroatoms. The van der Waals surface area contributed by atoms with Crippen LogP contribution < -0.4 is 20.9 Å². The number of alkyl carbamates (subject to hydrolysis) is 1. The lowest BCUT2D eigenvalue weighted by molar-refractivity contribution is 0.0494. The van der Waals surface area contributed by atoms with Crippen molar-refractivity contribution in [2.24, 2.45) is 5.92 Å². The van der Waals surface area contributed by atoms with Gasteiger partial charge in [-0.1, -0.05) is 6.92 Å². The van der Waals surface area contributed by atoms with Gasteiger partial charge in [-0.05, 0) is 66.0 Å². The van der Waals surface area contributed by atoms with Crippen molar-refractivity contribution in [1.82, 2.24) is 25.3 Å². The molecule has 4 aromatic heterocycles. The van der Waals surface area contributed by atoms with E-state index in [9.17, 15) is 14.4 Å². The Balaban J connectivity index is 1.44. The van der Waals surface area contributed by atoms with E-state index in [0.29, 0.717) is 35.6 Å². The van der Waals surface area contributed by atoms with Crippen molar-refractivity contribution >= 4 is 46.5 Å². The van der Waals surface area contributed by atoms with Crippen LogP contribution in [0.1, 0.15) is 65.2 Å². The third-order valence-electron chi connectivity index (χ3n) is 7.03. The number of nitrogens with one attached hydrogen (secondary N) is 3. The van der Waals surface area contributed by atoms with E-state index in [0.717, 1.165) is 6.42 Å². The molecule has 3 amide bonds. The molecule has 1 aliphatic heterocycles. The fraction of sp³-hybridized carbons (Fsp3) is 0.424. The number of anilines is 3. The number of fused-ring (bicyclic) bond motifs is 1. The number of carbonyl (C=O) groups excluding carboxylic acids is 3. The number of rotatable bonds is 6. The van der Waals surface area contributed by atoms with Crippen LogP contribution in [0.5, 0.6) is 0 Å².